The third kappa shape index (κ3) is 13.8. The average molecular weight is 1420 g/mol. The minimum absolute atomic E-state index is 0.00783. The highest BCUT2D eigenvalue weighted by Crippen LogP contribution is 2.33. The fraction of sp³-hybridized carbons (Fsp3) is 0.229. The molecular weight excluding hydrogens is 1330 g/mol. The number of nitrogens with one attached hydrogen (secondary N) is 3. The van der Waals surface area contributed by atoms with Crippen molar-refractivity contribution in [3.05, 3.63) is 209 Å². The first kappa shape index (κ1) is 44.6. The second kappa shape index (κ2) is 29.2. The summed E-state index contributed by atoms with van der Waals surface area (Å²) in [7, 11) is 1.22. The van der Waals surface area contributed by atoms with Crippen LogP contribution in [0.3, 0.4) is 0 Å². The lowest BCUT2D eigenvalue weighted by Crippen LogP contribution is -2.52. The molecule has 33 heteroatoms. The predicted octanol–water partition coefficient (Wildman–Crippen LogP) is 5.14. The van der Waals surface area contributed by atoms with Gasteiger partial charge in [-0.15, -0.1) is 10.2 Å². The minimum Gasteiger partial charge on any atom is -0.494 e. The number of ketones is 3. The Morgan fingerprint density at radius 3 is 1.28 bits per heavy atom. The van der Waals surface area contributed by atoms with Crippen molar-refractivity contribution in [3.63, 3.8) is 0 Å². The SMILES string of the molecule is [2H]C1([2H])N(C(=O)C(=O)c2c[nH]c3c(-n4ccnn4)ncc(F)c23)C([2H])([2H])C([2H])([2H])N(C(=O)c2ccccc2)C1([2H])[2H].[2H]c1c([2H])c(C(=O)N2C([2H])([2H])C([2H])([2H])N(C(=O)C(=O)c3c[nH]c4c(-n5cnc(C)n5)ncc(OC)c34)C([2H])([2H])C2([2H])[2H])c([2H])c([2H])c1C.[2H]c1c([2H])c(C(=O)N2CCN(C(=O)C(=O)c3c[nH]c4c(-n5ccnn5)ncc(F)c34)CC2)c([2H])c([2H])c1C. The highest BCUT2D eigenvalue weighted by atomic mass is 19.1. The zero-order chi connectivity index (χ0) is 93.5. The zero-order valence-corrected chi connectivity index (χ0v) is 53.5. The Morgan fingerprint density at radius 1 is 0.466 bits per heavy atom. The number of aryl methyl sites for hydroxylation is 1. The molecule has 522 valence electrons. The van der Waals surface area contributed by atoms with Gasteiger partial charge in [-0.25, -0.2) is 42.8 Å². The number of carbonyl (C=O) groups is 9. The number of aromatic nitrogens is 15. The Balaban J connectivity index is 0.000000164. The molecule has 6 amide bonds. The molecule has 3 aliphatic rings. The monoisotopic (exact) mass is 1420 g/mol. The van der Waals surface area contributed by atoms with Crippen LogP contribution >= 0.6 is 0 Å². The molecule has 0 radical (unpaired) electrons. The molecule has 12 aromatic rings. The molecule has 3 aromatic carbocycles. The van der Waals surface area contributed by atoms with Crippen LogP contribution in [-0.2, 0) is 14.4 Å². The number of ether oxygens (including phenoxy) is 1. The number of benzene rings is 3. The lowest BCUT2D eigenvalue weighted by atomic mass is 10.1. The predicted molar refractivity (Wildman–Crippen MR) is 363 cm³/mol. The number of methoxy groups -OCH3 is 1. The molecule has 3 saturated heterocycles. The van der Waals surface area contributed by atoms with E-state index in [1.54, 1.807) is 6.92 Å². The van der Waals surface area contributed by atoms with Gasteiger partial charge in [0.25, 0.3) is 52.8 Å². The van der Waals surface area contributed by atoms with Gasteiger partial charge in [0, 0.05) is 113 Å². The second-order valence-corrected chi connectivity index (χ2v) is 21.7. The molecule has 3 N–H and O–H groups in total. The van der Waals surface area contributed by atoms with E-state index in [2.05, 4.69) is 60.6 Å². The largest absolute Gasteiger partial charge is 0.494 e. The summed E-state index contributed by atoms with van der Waals surface area (Å²) in [5.74, 6) is -14.5. The van der Waals surface area contributed by atoms with E-state index < -0.39 is 189 Å². The third-order valence-corrected chi connectivity index (χ3v) is 15.3. The van der Waals surface area contributed by atoms with Crippen molar-refractivity contribution in [3.8, 4) is 23.2 Å². The van der Waals surface area contributed by atoms with E-state index in [4.69, 9.17) is 37.6 Å². The zero-order valence-electron chi connectivity index (χ0n) is 77.5. The van der Waals surface area contributed by atoms with Crippen LogP contribution in [0.15, 0.2) is 147 Å². The average Bonchev–Trinajstić information content (AvgIpc) is 1.67. The number of piperazine rings is 3. The number of pyridine rings is 3. The molecule has 9 aromatic heterocycles. The van der Waals surface area contributed by atoms with Gasteiger partial charge < -0.3 is 49.1 Å². The first-order chi connectivity index (χ1) is 59.2. The summed E-state index contributed by atoms with van der Waals surface area (Å²) in [6, 6.07) is 1.74. The van der Waals surface area contributed by atoms with Gasteiger partial charge in [-0.2, -0.15) is 5.10 Å². The van der Waals surface area contributed by atoms with Crippen LogP contribution in [0.4, 0.5) is 8.78 Å². The molecule has 0 atom stereocenters. The van der Waals surface area contributed by atoms with E-state index in [-0.39, 0.29) is 122 Å². The maximum Gasteiger partial charge on any atom is 0.295 e. The van der Waals surface area contributed by atoms with Crippen molar-refractivity contribution >= 4 is 85.5 Å². The Morgan fingerprint density at radius 2 is 0.854 bits per heavy atom. The fourth-order valence-corrected chi connectivity index (χ4v) is 10.3. The van der Waals surface area contributed by atoms with Crippen LogP contribution in [0, 0.1) is 32.4 Å². The van der Waals surface area contributed by atoms with Gasteiger partial charge in [0.1, 0.15) is 17.9 Å². The molecule has 12 heterocycles. The Labute approximate surface area is 616 Å². The van der Waals surface area contributed by atoms with Crippen molar-refractivity contribution in [2.75, 3.05) is 85.3 Å². The maximum absolute atomic E-state index is 14.9. The van der Waals surface area contributed by atoms with Crippen molar-refractivity contribution in [2.45, 2.75) is 20.8 Å². The molecule has 0 bridgehead atoms. The van der Waals surface area contributed by atoms with Crippen molar-refractivity contribution in [1.29, 1.82) is 0 Å². The lowest BCUT2D eigenvalue weighted by Gasteiger charge is -2.34. The number of hydrogen-bond acceptors (Lipinski definition) is 19. The standard InChI is InChI=1S/C25H25N7O4.C23H20FN7O3.C22H18FN7O3/c1-15-4-6-17(7-5-15)24(34)30-8-10-31(11-9-30)25(35)22(33)18-12-26-21-20(18)19(36-3)13-27-23(21)32-14-28-16(2)29-32;1-14-2-4-15(5-3-14)22(33)29-8-10-30(11-9-29)23(34)20(32)16-12-25-19-18(16)17(24)13-26-21(19)31-7-6-27-28-31;23-16-13-25-20(30-7-6-26-27-30)18-17(16)15(12-24-18)19(31)22(33)29-10-8-28(9-11-29)21(32)14-4-2-1-3-5-14/h4-7,12-14,26H,8-11H2,1-3H3;2-7,12-13,25H,8-11H2,1H3;1-7,12-13,24H,8-11H2/i4D,5D,6D,7D,8D2,9D2,10D2,11D2;2D,3D,4D,5D;8D2,9D2,10D2,11D2. The van der Waals surface area contributed by atoms with E-state index in [9.17, 15) is 51.9 Å². The van der Waals surface area contributed by atoms with E-state index in [1.165, 1.54) is 114 Å². The van der Waals surface area contributed by atoms with E-state index in [0.717, 1.165) is 29.5 Å². The molecule has 0 spiro atoms. The highest BCUT2D eigenvalue weighted by molar-refractivity contribution is 6.46. The normalized spacial score (nSPS) is 21.2. The van der Waals surface area contributed by atoms with Gasteiger partial charge in [0.2, 0.25) is 0 Å². The van der Waals surface area contributed by atoms with Crippen LogP contribution in [0.2, 0.25) is 0 Å². The summed E-state index contributed by atoms with van der Waals surface area (Å²) in [6.07, 6.45) is 12.8. The number of hydrogen-bond donors (Lipinski definition) is 3. The summed E-state index contributed by atoms with van der Waals surface area (Å²) in [5, 5.41) is 18.3. The summed E-state index contributed by atoms with van der Waals surface area (Å²) >= 11 is 0. The summed E-state index contributed by atoms with van der Waals surface area (Å²) in [5.41, 5.74) is -3.09. The van der Waals surface area contributed by atoms with Gasteiger partial charge in [-0.05, 0) is 57.1 Å². The van der Waals surface area contributed by atoms with Crippen LogP contribution in [-0.4, -0.2) is 242 Å². The number of fused-ring (bicyclic) bond motifs is 3. The Kier molecular flexibility index (Phi) is 12.7. The Bertz CT molecular complexity index is 6470. The topological polar surface area (TPSA) is 360 Å². The molecule has 0 unspecified atom stereocenters. The van der Waals surface area contributed by atoms with Crippen molar-refractivity contribution in [2.24, 2.45) is 0 Å². The van der Waals surface area contributed by atoms with E-state index in [1.807, 2.05) is 0 Å². The molecular formula is C70H63F2N21O10. The van der Waals surface area contributed by atoms with Gasteiger partial charge in [-0.1, -0.05) is 63.9 Å². The van der Waals surface area contributed by atoms with Gasteiger partial charge in [0.05, 0.1) is 133 Å². The van der Waals surface area contributed by atoms with Gasteiger partial charge in [-0.3, -0.25) is 43.2 Å². The summed E-state index contributed by atoms with van der Waals surface area (Å²) in [4.78, 5) is 146. The molecule has 3 aliphatic heterocycles. The third-order valence-electron chi connectivity index (χ3n) is 15.3. The first-order valence-electron chi connectivity index (χ1n) is 42.0. The van der Waals surface area contributed by atoms with Crippen LogP contribution in [0.25, 0.3) is 50.2 Å². The number of carbonyl (C=O) groups excluding carboxylic acids is 9. The lowest BCUT2D eigenvalue weighted by molar-refractivity contribution is -0.128. The fourth-order valence-electron chi connectivity index (χ4n) is 10.3. The van der Waals surface area contributed by atoms with Gasteiger partial charge >= 0.3 is 0 Å². The van der Waals surface area contributed by atoms with Crippen molar-refractivity contribution < 1.29 is 89.6 Å². The number of H-pyrrole nitrogens is 3. The Hall–Kier alpha value is -13.4. The van der Waals surface area contributed by atoms with Crippen molar-refractivity contribution in [1.82, 2.24) is 104 Å². The molecule has 31 nitrogen and oxygen atoms in total. The molecule has 0 saturated carbocycles. The van der Waals surface area contributed by atoms with Gasteiger partial charge in [0.15, 0.2) is 29.1 Å². The number of halogens is 2. The number of aromatic amines is 3. The number of Topliss-reactive ketones (excluding diaryl/α,β-unsaturated/α-hetero) is 3. The molecule has 103 heavy (non-hydrogen) atoms. The van der Waals surface area contributed by atoms with Crippen LogP contribution in [0.1, 0.15) is 112 Å². The summed E-state index contributed by atoms with van der Waals surface area (Å²) in [6.45, 7) is -26.7. The number of amides is 6. The number of nitrogens with zero attached hydrogens (tertiary/aromatic N) is 18. The molecule has 15 rings (SSSR count). The van der Waals surface area contributed by atoms with Crippen LogP contribution in [0.5, 0.6) is 5.75 Å². The van der Waals surface area contributed by atoms with E-state index >= 15 is 0 Å². The minimum atomic E-state index is -3.99. The maximum atomic E-state index is 14.9. The highest BCUT2D eigenvalue weighted by Gasteiger charge is 2.36. The molecule has 0 aliphatic carbocycles. The van der Waals surface area contributed by atoms with Crippen LogP contribution < -0.4 is 4.74 Å². The molecule has 3 fully saturated rings. The second-order valence-electron chi connectivity index (χ2n) is 21.7. The quantitative estimate of drug-likeness (QED) is 0.0993. The number of rotatable bonds is 13. The first-order valence-corrected chi connectivity index (χ1v) is 30.0. The van der Waals surface area contributed by atoms with E-state index in [0.29, 0.717) is 5.82 Å². The smallest absolute Gasteiger partial charge is 0.295 e. The summed E-state index contributed by atoms with van der Waals surface area (Å²) < 4.78 is 239.